The molecule has 0 N–H and O–H groups in total. The van der Waals surface area contributed by atoms with E-state index in [0.717, 1.165) is 10.9 Å². The second-order valence-corrected chi connectivity index (χ2v) is 7.48. The van der Waals surface area contributed by atoms with Crippen molar-refractivity contribution in [1.29, 1.82) is 0 Å². The summed E-state index contributed by atoms with van der Waals surface area (Å²) in [5.74, 6) is 0.116. The van der Waals surface area contributed by atoms with Crippen LogP contribution in [-0.2, 0) is 15.6 Å². The summed E-state index contributed by atoms with van der Waals surface area (Å²) in [7, 11) is -2.17. The number of pyridine rings is 1. The van der Waals surface area contributed by atoms with Gasteiger partial charge >= 0.3 is 0 Å². The van der Waals surface area contributed by atoms with Gasteiger partial charge in [0, 0.05) is 16.6 Å². The molecule has 0 amide bonds. The topological polar surface area (TPSA) is 56.3 Å². The van der Waals surface area contributed by atoms with Crippen LogP contribution in [0.1, 0.15) is 5.56 Å². The van der Waals surface area contributed by atoms with Crippen molar-refractivity contribution < 1.29 is 13.2 Å². The van der Waals surface area contributed by atoms with Gasteiger partial charge in [-0.1, -0.05) is 29.8 Å². The van der Waals surface area contributed by atoms with Crippen LogP contribution in [0.15, 0.2) is 59.6 Å². The number of halogens is 1. The molecule has 3 rings (SSSR count). The maximum atomic E-state index is 12.7. The van der Waals surface area contributed by atoms with Gasteiger partial charge in [-0.2, -0.15) is 0 Å². The molecule has 4 nitrogen and oxygen atoms in total. The van der Waals surface area contributed by atoms with Crippen LogP contribution in [-0.4, -0.2) is 20.5 Å². The Hall–Kier alpha value is -2.11. The number of hydrogen-bond donors (Lipinski definition) is 0. The fourth-order valence-corrected chi connectivity index (χ4v) is 4.14. The first-order chi connectivity index (χ1) is 11.0. The molecule has 1 heterocycles. The molecule has 0 spiro atoms. The summed E-state index contributed by atoms with van der Waals surface area (Å²) >= 11 is 5.93. The summed E-state index contributed by atoms with van der Waals surface area (Å²) in [6.07, 6.45) is 1.58. The largest absolute Gasteiger partial charge is 0.495 e. The lowest BCUT2D eigenvalue weighted by Crippen LogP contribution is -2.07. The summed E-state index contributed by atoms with van der Waals surface area (Å²) < 4.78 is 30.5. The summed E-state index contributed by atoms with van der Waals surface area (Å²) in [6.45, 7) is 0. The average molecular weight is 348 g/mol. The molecule has 0 unspecified atom stereocenters. The lowest BCUT2D eigenvalue weighted by molar-refractivity contribution is 0.402. The van der Waals surface area contributed by atoms with E-state index in [-0.39, 0.29) is 16.4 Å². The van der Waals surface area contributed by atoms with Gasteiger partial charge in [-0.05, 0) is 35.9 Å². The van der Waals surface area contributed by atoms with Crippen molar-refractivity contribution in [1.82, 2.24) is 4.98 Å². The smallest absolute Gasteiger partial charge is 0.186 e. The van der Waals surface area contributed by atoms with E-state index in [1.54, 1.807) is 18.3 Å². The lowest BCUT2D eigenvalue weighted by Gasteiger charge is -2.10. The highest BCUT2D eigenvalue weighted by Crippen LogP contribution is 2.29. The van der Waals surface area contributed by atoms with Crippen LogP contribution in [0.5, 0.6) is 5.75 Å². The van der Waals surface area contributed by atoms with Gasteiger partial charge in [0.2, 0.25) is 0 Å². The molecule has 0 aliphatic heterocycles. The quantitative estimate of drug-likeness (QED) is 0.719. The van der Waals surface area contributed by atoms with Gasteiger partial charge in [0.05, 0.1) is 18.4 Å². The van der Waals surface area contributed by atoms with Crippen LogP contribution >= 0.6 is 11.6 Å². The zero-order valence-electron chi connectivity index (χ0n) is 12.4. The maximum Gasteiger partial charge on any atom is 0.186 e. The van der Waals surface area contributed by atoms with Gasteiger partial charge in [0.1, 0.15) is 10.6 Å². The highest BCUT2D eigenvalue weighted by Gasteiger charge is 2.21. The molecule has 0 saturated heterocycles. The van der Waals surface area contributed by atoms with E-state index >= 15 is 0 Å². The number of ether oxygens (including phenoxy) is 1. The van der Waals surface area contributed by atoms with Crippen LogP contribution in [0, 0.1) is 0 Å². The molecule has 3 aromatic rings. The van der Waals surface area contributed by atoms with Crippen molar-refractivity contribution >= 4 is 32.3 Å². The zero-order chi connectivity index (χ0) is 16.4. The fourth-order valence-electron chi connectivity index (χ4n) is 2.39. The molecule has 0 radical (unpaired) electrons. The van der Waals surface area contributed by atoms with Crippen molar-refractivity contribution in [2.45, 2.75) is 10.6 Å². The van der Waals surface area contributed by atoms with Crippen LogP contribution in [0.3, 0.4) is 0 Å². The minimum Gasteiger partial charge on any atom is -0.495 e. The maximum absolute atomic E-state index is 12.7. The lowest BCUT2D eigenvalue weighted by atomic mass is 10.2. The van der Waals surface area contributed by atoms with Crippen LogP contribution < -0.4 is 4.74 Å². The molecule has 0 bridgehead atoms. The predicted molar refractivity (Wildman–Crippen MR) is 90.6 cm³/mol. The first-order valence-corrected chi connectivity index (χ1v) is 8.92. The second kappa shape index (κ2) is 6.18. The molecule has 0 atom stereocenters. The normalized spacial score (nSPS) is 11.6. The first kappa shape index (κ1) is 15.8. The Kier molecular flexibility index (Phi) is 4.24. The van der Waals surface area contributed by atoms with E-state index in [2.05, 4.69) is 4.98 Å². The number of sulfone groups is 1. The van der Waals surface area contributed by atoms with E-state index in [1.165, 1.54) is 13.2 Å². The Morgan fingerprint density at radius 3 is 2.70 bits per heavy atom. The summed E-state index contributed by atoms with van der Waals surface area (Å²) in [5, 5.41) is 1.25. The first-order valence-electron chi connectivity index (χ1n) is 6.89. The van der Waals surface area contributed by atoms with Crippen LogP contribution in [0.25, 0.3) is 10.9 Å². The fraction of sp³-hybridized carbons (Fsp3) is 0.118. The highest BCUT2D eigenvalue weighted by molar-refractivity contribution is 7.90. The number of para-hydroxylation sites is 1. The minimum atomic E-state index is -3.60. The molecule has 2 aromatic carbocycles. The molecule has 118 valence electrons. The van der Waals surface area contributed by atoms with Gasteiger partial charge in [-0.25, -0.2) is 8.42 Å². The standard InChI is InChI=1S/C17H14ClNO3S/c1-22-16-7-6-14(18)9-17(16)23(20,21)11-12-8-13-4-2-3-5-15(13)19-10-12/h2-10H,11H2,1H3. The number of rotatable bonds is 4. The molecular formula is C17H14ClNO3S. The average Bonchev–Trinajstić information content (AvgIpc) is 2.54. The van der Waals surface area contributed by atoms with Gasteiger partial charge < -0.3 is 4.74 Å². The SMILES string of the molecule is COc1ccc(Cl)cc1S(=O)(=O)Cc1cnc2ccccc2c1. The molecule has 0 aliphatic rings. The van der Waals surface area contributed by atoms with E-state index < -0.39 is 9.84 Å². The second-order valence-electron chi connectivity index (χ2n) is 5.09. The molecule has 0 aliphatic carbocycles. The monoisotopic (exact) mass is 347 g/mol. The Balaban J connectivity index is 2.01. The van der Waals surface area contributed by atoms with Crippen LogP contribution in [0.4, 0.5) is 0 Å². The van der Waals surface area contributed by atoms with Crippen molar-refractivity contribution in [2.24, 2.45) is 0 Å². The van der Waals surface area contributed by atoms with E-state index in [0.29, 0.717) is 10.6 Å². The Morgan fingerprint density at radius 1 is 1.13 bits per heavy atom. The molecule has 23 heavy (non-hydrogen) atoms. The highest BCUT2D eigenvalue weighted by atomic mass is 35.5. The molecule has 0 saturated carbocycles. The van der Waals surface area contributed by atoms with Crippen LogP contribution in [0.2, 0.25) is 5.02 Å². The third kappa shape index (κ3) is 3.30. The zero-order valence-corrected chi connectivity index (χ0v) is 13.9. The molecule has 6 heteroatoms. The van der Waals surface area contributed by atoms with E-state index in [9.17, 15) is 8.42 Å². The summed E-state index contributed by atoms with van der Waals surface area (Å²) in [6, 6.07) is 13.9. The number of aromatic nitrogens is 1. The Morgan fingerprint density at radius 2 is 1.91 bits per heavy atom. The van der Waals surface area contributed by atoms with Gasteiger partial charge in [-0.15, -0.1) is 0 Å². The molecular weight excluding hydrogens is 334 g/mol. The van der Waals surface area contributed by atoms with Crippen molar-refractivity contribution in [3.63, 3.8) is 0 Å². The van der Waals surface area contributed by atoms with Gasteiger partial charge in [-0.3, -0.25) is 4.98 Å². The minimum absolute atomic E-state index is 0.0839. The van der Waals surface area contributed by atoms with E-state index in [4.69, 9.17) is 16.3 Å². The van der Waals surface area contributed by atoms with Crippen molar-refractivity contribution in [2.75, 3.05) is 7.11 Å². The number of fused-ring (bicyclic) bond motifs is 1. The number of hydrogen-bond acceptors (Lipinski definition) is 4. The number of nitrogens with zero attached hydrogens (tertiary/aromatic N) is 1. The predicted octanol–water partition coefficient (Wildman–Crippen LogP) is 3.87. The Labute approximate surface area is 139 Å². The number of benzene rings is 2. The van der Waals surface area contributed by atoms with E-state index in [1.807, 2.05) is 30.3 Å². The third-order valence-electron chi connectivity index (χ3n) is 3.46. The summed E-state index contributed by atoms with van der Waals surface area (Å²) in [4.78, 5) is 4.38. The Bertz CT molecular complexity index is 970. The van der Waals surface area contributed by atoms with Crippen molar-refractivity contribution in [3.05, 3.63) is 65.3 Å². The van der Waals surface area contributed by atoms with Gasteiger partial charge in [0.15, 0.2) is 9.84 Å². The van der Waals surface area contributed by atoms with Crippen molar-refractivity contribution in [3.8, 4) is 5.75 Å². The molecule has 0 fully saturated rings. The number of methoxy groups -OCH3 is 1. The van der Waals surface area contributed by atoms with Gasteiger partial charge in [0.25, 0.3) is 0 Å². The summed E-state index contributed by atoms with van der Waals surface area (Å²) in [5.41, 5.74) is 1.44. The third-order valence-corrected chi connectivity index (χ3v) is 5.40. The molecule has 1 aromatic heterocycles.